The summed E-state index contributed by atoms with van der Waals surface area (Å²) in [5.41, 5.74) is 3.73. The smallest absolute Gasteiger partial charge is 0.326 e. The fourth-order valence-corrected chi connectivity index (χ4v) is 4.88. The Hall–Kier alpha value is -4.13. The molecule has 0 atom stereocenters. The number of carbonyl (C=O) groups excluding carboxylic acids is 1. The van der Waals surface area contributed by atoms with E-state index in [0.717, 1.165) is 28.3 Å². The minimum Gasteiger partial charge on any atom is -0.333 e. The number of hydrogen-bond acceptors (Lipinski definition) is 4. The Morgan fingerprint density at radius 2 is 2.00 bits per heavy atom. The topological polar surface area (TPSA) is 74.0 Å². The summed E-state index contributed by atoms with van der Waals surface area (Å²) in [6.45, 7) is 1.80. The summed E-state index contributed by atoms with van der Waals surface area (Å²) in [4.78, 5) is 19.4. The van der Waals surface area contributed by atoms with Crippen LogP contribution in [0.15, 0.2) is 54.7 Å². The predicted octanol–water partition coefficient (Wildman–Crippen LogP) is 5.81. The maximum absolute atomic E-state index is 14.0. The lowest BCUT2D eigenvalue weighted by Gasteiger charge is -2.27. The first-order valence-corrected chi connectivity index (χ1v) is 12.2. The van der Waals surface area contributed by atoms with Crippen molar-refractivity contribution >= 4 is 34.6 Å². The highest BCUT2D eigenvalue weighted by molar-refractivity contribution is 6.29. The van der Waals surface area contributed by atoms with Crippen molar-refractivity contribution in [3.05, 3.63) is 105 Å². The standard InChI is InChI=1S/C28H21ClF3N5O/c29-25-13-18(7-9-34-25)15-35-28(38)37-23-6-3-17(14-33)12-20(23)21-16-36(11-8-24(21)37)10-1-2-19-4-5-22(30)27(32)26(19)31/h1-7,9,12-13H,8,10-11,15-16H2,(H,35,38)/b2-1+. The van der Waals surface area contributed by atoms with E-state index in [0.29, 0.717) is 42.3 Å². The van der Waals surface area contributed by atoms with Crippen molar-refractivity contribution < 1.29 is 18.0 Å². The van der Waals surface area contributed by atoms with Gasteiger partial charge in [-0.1, -0.05) is 23.8 Å². The first kappa shape index (κ1) is 25.5. The molecule has 4 aromatic rings. The second-order valence-corrected chi connectivity index (χ2v) is 9.29. The van der Waals surface area contributed by atoms with Gasteiger partial charge in [0.2, 0.25) is 0 Å². The summed E-state index contributed by atoms with van der Waals surface area (Å²) in [5, 5.41) is 13.5. The van der Waals surface area contributed by atoms with Crippen molar-refractivity contribution in [2.24, 2.45) is 0 Å². The Kier molecular flexibility index (Phi) is 7.18. The number of aromatic nitrogens is 2. The number of pyridine rings is 1. The summed E-state index contributed by atoms with van der Waals surface area (Å²) >= 11 is 5.95. The van der Waals surface area contributed by atoms with E-state index in [1.807, 2.05) is 0 Å². The van der Waals surface area contributed by atoms with Crippen molar-refractivity contribution in [1.29, 1.82) is 5.26 Å². The molecule has 2 aromatic heterocycles. The summed E-state index contributed by atoms with van der Waals surface area (Å²) in [5.74, 6) is -3.96. The summed E-state index contributed by atoms with van der Waals surface area (Å²) in [6.07, 6.45) is 5.24. The van der Waals surface area contributed by atoms with Crippen LogP contribution in [0, 0.1) is 28.8 Å². The van der Waals surface area contributed by atoms with Crippen molar-refractivity contribution in [3.63, 3.8) is 0 Å². The van der Waals surface area contributed by atoms with E-state index >= 15 is 0 Å². The van der Waals surface area contributed by atoms with Gasteiger partial charge in [-0.05, 0) is 53.6 Å². The van der Waals surface area contributed by atoms with E-state index in [1.54, 1.807) is 47.2 Å². The van der Waals surface area contributed by atoms with Crippen LogP contribution in [0.5, 0.6) is 0 Å². The summed E-state index contributed by atoms with van der Waals surface area (Å²) in [7, 11) is 0. The van der Waals surface area contributed by atoms with Gasteiger partial charge in [-0.3, -0.25) is 9.47 Å². The van der Waals surface area contributed by atoms with Gasteiger partial charge in [0.15, 0.2) is 17.5 Å². The molecule has 5 rings (SSSR count). The van der Waals surface area contributed by atoms with Gasteiger partial charge in [0.25, 0.3) is 0 Å². The zero-order chi connectivity index (χ0) is 26.8. The van der Waals surface area contributed by atoms with Crippen LogP contribution in [0.4, 0.5) is 18.0 Å². The minimum atomic E-state index is -1.50. The van der Waals surface area contributed by atoms with Gasteiger partial charge >= 0.3 is 6.03 Å². The van der Waals surface area contributed by atoms with Crippen LogP contribution < -0.4 is 5.32 Å². The third-order valence-electron chi connectivity index (χ3n) is 6.52. The number of nitrogens with one attached hydrogen (secondary N) is 1. The fraction of sp³-hybridized carbons (Fsp3) is 0.179. The first-order valence-electron chi connectivity index (χ1n) is 11.8. The molecule has 3 heterocycles. The molecule has 10 heteroatoms. The van der Waals surface area contributed by atoms with E-state index in [9.17, 15) is 23.2 Å². The molecule has 0 bridgehead atoms. The average Bonchev–Trinajstić information content (AvgIpc) is 3.24. The number of hydrogen-bond donors (Lipinski definition) is 1. The normalized spacial score (nSPS) is 13.6. The van der Waals surface area contributed by atoms with Gasteiger partial charge in [0.1, 0.15) is 5.15 Å². The predicted molar refractivity (Wildman–Crippen MR) is 138 cm³/mol. The van der Waals surface area contributed by atoms with Crippen LogP contribution in [0.2, 0.25) is 5.15 Å². The number of nitrogens with zero attached hydrogens (tertiary/aromatic N) is 4. The van der Waals surface area contributed by atoms with Gasteiger partial charge in [0.05, 0.1) is 17.1 Å². The number of carbonyl (C=O) groups is 1. The molecule has 6 nitrogen and oxygen atoms in total. The largest absolute Gasteiger partial charge is 0.333 e. The van der Waals surface area contributed by atoms with Crippen molar-refractivity contribution in [2.75, 3.05) is 13.1 Å². The molecular formula is C28H21ClF3N5O. The van der Waals surface area contributed by atoms with Crippen molar-refractivity contribution in [2.45, 2.75) is 19.5 Å². The SMILES string of the molecule is N#Cc1ccc2c(c1)c1c(n2C(=O)NCc2ccnc(Cl)c2)CCN(C/C=C/c2ccc(F)c(F)c2F)C1. The number of fused-ring (bicyclic) bond motifs is 3. The summed E-state index contributed by atoms with van der Waals surface area (Å²) in [6, 6.07) is 12.6. The highest BCUT2D eigenvalue weighted by atomic mass is 35.5. The quantitative estimate of drug-likeness (QED) is 0.259. The van der Waals surface area contributed by atoms with Gasteiger partial charge < -0.3 is 5.32 Å². The van der Waals surface area contributed by atoms with Crippen LogP contribution in [-0.2, 0) is 19.5 Å². The van der Waals surface area contributed by atoms with E-state index in [1.165, 1.54) is 12.1 Å². The molecule has 0 fully saturated rings. The lowest BCUT2D eigenvalue weighted by atomic mass is 10.0. The van der Waals surface area contributed by atoms with Crippen LogP contribution >= 0.6 is 11.6 Å². The maximum Gasteiger partial charge on any atom is 0.326 e. The van der Waals surface area contributed by atoms with E-state index in [2.05, 4.69) is 21.3 Å². The van der Waals surface area contributed by atoms with E-state index < -0.39 is 17.5 Å². The average molecular weight is 536 g/mol. The lowest BCUT2D eigenvalue weighted by Crippen LogP contribution is -2.34. The maximum atomic E-state index is 14.0. The molecule has 1 amide bonds. The molecule has 1 aliphatic rings. The van der Waals surface area contributed by atoms with Crippen molar-refractivity contribution in [1.82, 2.24) is 19.8 Å². The molecule has 38 heavy (non-hydrogen) atoms. The first-order chi connectivity index (χ1) is 18.4. The van der Waals surface area contributed by atoms with Gasteiger partial charge in [-0.15, -0.1) is 0 Å². The van der Waals surface area contributed by atoms with Crippen LogP contribution in [0.3, 0.4) is 0 Å². The van der Waals surface area contributed by atoms with E-state index in [4.69, 9.17) is 11.6 Å². The Bertz CT molecular complexity index is 1630. The molecule has 2 aromatic carbocycles. The molecule has 0 saturated carbocycles. The Balaban J connectivity index is 1.39. The molecule has 0 spiro atoms. The molecular weight excluding hydrogens is 515 g/mol. The van der Waals surface area contributed by atoms with Gasteiger partial charge in [-0.25, -0.2) is 22.9 Å². The molecule has 0 radical (unpaired) electrons. The lowest BCUT2D eigenvalue weighted by molar-refractivity contribution is 0.240. The van der Waals surface area contributed by atoms with Crippen LogP contribution in [-0.4, -0.2) is 33.6 Å². The number of halogens is 4. The highest BCUT2D eigenvalue weighted by Gasteiger charge is 2.26. The number of rotatable bonds is 5. The third-order valence-corrected chi connectivity index (χ3v) is 6.73. The Morgan fingerprint density at radius 1 is 1.16 bits per heavy atom. The fourth-order valence-electron chi connectivity index (χ4n) is 4.68. The number of nitriles is 1. The second-order valence-electron chi connectivity index (χ2n) is 8.90. The summed E-state index contributed by atoms with van der Waals surface area (Å²) < 4.78 is 42.4. The van der Waals surface area contributed by atoms with Crippen LogP contribution in [0.1, 0.15) is 27.9 Å². The molecule has 0 saturated heterocycles. The zero-order valence-corrected chi connectivity index (χ0v) is 20.8. The molecule has 0 aliphatic carbocycles. The zero-order valence-electron chi connectivity index (χ0n) is 20.0. The highest BCUT2D eigenvalue weighted by Crippen LogP contribution is 2.32. The monoisotopic (exact) mass is 535 g/mol. The molecule has 1 aliphatic heterocycles. The second kappa shape index (κ2) is 10.7. The van der Waals surface area contributed by atoms with Gasteiger partial charge in [0, 0.05) is 55.4 Å². The molecule has 1 N–H and O–H groups in total. The molecule has 0 unspecified atom stereocenters. The van der Waals surface area contributed by atoms with Gasteiger partial charge in [-0.2, -0.15) is 5.26 Å². The van der Waals surface area contributed by atoms with Crippen molar-refractivity contribution in [3.8, 4) is 6.07 Å². The van der Waals surface area contributed by atoms with E-state index in [-0.39, 0.29) is 18.1 Å². The minimum absolute atomic E-state index is 0.0379. The molecule has 192 valence electrons. The Morgan fingerprint density at radius 3 is 2.79 bits per heavy atom. The third kappa shape index (κ3) is 5.01. The number of benzene rings is 2. The number of amides is 1. The van der Waals surface area contributed by atoms with Crippen LogP contribution in [0.25, 0.3) is 17.0 Å². The Labute approximate surface area is 221 Å².